The minimum atomic E-state index is -3.53. The second-order valence-electron chi connectivity index (χ2n) is 8.20. The second kappa shape index (κ2) is 10.5. The van der Waals surface area contributed by atoms with Crippen molar-refractivity contribution in [3.05, 3.63) is 77.3 Å². The van der Waals surface area contributed by atoms with Crippen molar-refractivity contribution in [2.45, 2.75) is 18.6 Å². The average Bonchev–Trinajstić information content (AvgIpc) is 2.81. The fourth-order valence-corrected chi connectivity index (χ4v) is 5.95. The van der Waals surface area contributed by atoms with Crippen molar-refractivity contribution in [3.8, 4) is 5.75 Å². The molecule has 4 rings (SSSR count). The highest BCUT2D eigenvalue weighted by atomic mass is 35.5. The van der Waals surface area contributed by atoms with Crippen molar-refractivity contribution in [3.63, 3.8) is 0 Å². The first kappa shape index (κ1) is 23.5. The second-order valence-corrected chi connectivity index (χ2v) is 10.6. The van der Waals surface area contributed by atoms with Crippen molar-refractivity contribution < 1.29 is 17.9 Å². The third-order valence-electron chi connectivity index (χ3n) is 5.79. The SMILES string of the molecule is O=C(NCCOc1cccc2ccccc12)[C@@H]1CCCN(S(=O)(=O)Cc2cccc(Cl)c2)C1. The molecule has 1 atom stereocenters. The van der Waals surface area contributed by atoms with Crippen LogP contribution in [-0.4, -0.2) is 44.9 Å². The Labute approximate surface area is 199 Å². The molecule has 1 heterocycles. The first-order chi connectivity index (χ1) is 15.9. The minimum absolute atomic E-state index is 0.124. The Morgan fingerprint density at radius 1 is 1.09 bits per heavy atom. The number of carbonyl (C=O) groups is 1. The lowest BCUT2D eigenvalue weighted by molar-refractivity contribution is -0.126. The summed E-state index contributed by atoms with van der Waals surface area (Å²) in [6.07, 6.45) is 1.32. The molecule has 0 unspecified atom stereocenters. The van der Waals surface area contributed by atoms with Gasteiger partial charge in [-0.2, -0.15) is 0 Å². The third-order valence-corrected chi connectivity index (χ3v) is 7.85. The number of fused-ring (bicyclic) bond motifs is 1. The zero-order valence-corrected chi connectivity index (χ0v) is 19.8. The maximum atomic E-state index is 12.9. The van der Waals surface area contributed by atoms with Crippen molar-refractivity contribution in [2.24, 2.45) is 5.92 Å². The Hall–Kier alpha value is -2.61. The van der Waals surface area contributed by atoms with Gasteiger partial charge < -0.3 is 10.1 Å². The number of rotatable bonds is 8. The van der Waals surface area contributed by atoms with Crippen molar-refractivity contribution in [1.29, 1.82) is 0 Å². The van der Waals surface area contributed by atoms with E-state index in [1.807, 2.05) is 42.5 Å². The van der Waals surface area contributed by atoms with Crippen LogP contribution in [0.15, 0.2) is 66.7 Å². The number of amides is 1. The molecule has 1 N–H and O–H groups in total. The predicted octanol–water partition coefficient (Wildman–Crippen LogP) is 4.23. The maximum absolute atomic E-state index is 12.9. The number of ether oxygens (including phenoxy) is 1. The van der Waals surface area contributed by atoms with Crippen LogP contribution >= 0.6 is 11.6 Å². The summed E-state index contributed by atoms with van der Waals surface area (Å²) >= 11 is 5.98. The summed E-state index contributed by atoms with van der Waals surface area (Å²) in [5.41, 5.74) is 0.639. The van der Waals surface area contributed by atoms with Gasteiger partial charge in [-0.3, -0.25) is 4.79 Å². The van der Waals surface area contributed by atoms with Gasteiger partial charge in [0.05, 0.1) is 18.2 Å². The zero-order chi connectivity index (χ0) is 23.3. The Bertz CT molecular complexity index is 1230. The van der Waals surface area contributed by atoms with Gasteiger partial charge in [-0.05, 0) is 42.0 Å². The van der Waals surface area contributed by atoms with E-state index < -0.39 is 10.0 Å². The molecule has 33 heavy (non-hydrogen) atoms. The normalized spacial score (nSPS) is 17.1. The molecule has 1 amide bonds. The Morgan fingerprint density at radius 2 is 1.88 bits per heavy atom. The molecule has 0 spiro atoms. The van der Waals surface area contributed by atoms with Gasteiger partial charge in [0.1, 0.15) is 12.4 Å². The monoisotopic (exact) mass is 486 g/mol. The summed E-state index contributed by atoms with van der Waals surface area (Å²) in [5, 5.41) is 5.53. The minimum Gasteiger partial charge on any atom is -0.491 e. The molecule has 1 aliphatic heterocycles. The molecule has 1 fully saturated rings. The number of nitrogens with one attached hydrogen (secondary N) is 1. The molecule has 0 saturated carbocycles. The summed E-state index contributed by atoms with van der Waals surface area (Å²) in [7, 11) is -3.53. The third kappa shape index (κ3) is 6.05. The lowest BCUT2D eigenvalue weighted by Crippen LogP contribution is -2.46. The molecule has 0 aromatic heterocycles. The van der Waals surface area contributed by atoms with Gasteiger partial charge in [0.15, 0.2) is 0 Å². The smallest absolute Gasteiger partial charge is 0.224 e. The number of nitrogens with zero attached hydrogens (tertiary/aromatic N) is 1. The maximum Gasteiger partial charge on any atom is 0.224 e. The van der Waals surface area contributed by atoms with E-state index in [-0.39, 0.29) is 24.1 Å². The van der Waals surface area contributed by atoms with Gasteiger partial charge in [-0.25, -0.2) is 12.7 Å². The Kier molecular flexibility index (Phi) is 7.53. The molecule has 174 valence electrons. The standard InChI is InChI=1S/C25H27ClN2O4S/c26-22-10-3-6-19(16-22)18-33(30,31)28-14-5-9-21(17-28)25(29)27-13-15-32-24-12-4-8-20-7-1-2-11-23(20)24/h1-4,6-8,10-12,16,21H,5,9,13-15,17-18H2,(H,27,29)/t21-/m1/s1. The van der Waals surface area contributed by atoms with Crippen LogP contribution in [0, 0.1) is 5.92 Å². The number of carbonyl (C=O) groups excluding carboxylic acids is 1. The quantitative estimate of drug-likeness (QED) is 0.483. The van der Waals surface area contributed by atoms with Gasteiger partial charge in [0.2, 0.25) is 15.9 Å². The number of benzene rings is 3. The van der Waals surface area contributed by atoms with E-state index >= 15 is 0 Å². The molecule has 3 aromatic rings. The highest BCUT2D eigenvalue weighted by molar-refractivity contribution is 7.88. The number of hydrogen-bond acceptors (Lipinski definition) is 4. The topological polar surface area (TPSA) is 75.7 Å². The molecule has 0 radical (unpaired) electrons. The molecule has 1 aliphatic rings. The molecule has 0 aliphatic carbocycles. The van der Waals surface area contributed by atoms with Crippen LogP contribution in [0.3, 0.4) is 0 Å². The fourth-order valence-electron chi connectivity index (χ4n) is 4.14. The molecule has 1 saturated heterocycles. The van der Waals surface area contributed by atoms with Gasteiger partial charge in [-0.1, -0.05) is 60.1 Å². The number of piperidine rings is 1. The van der Waals surface area contributed by atoms with Crippen LogP contribution in [0.2, 0.25) is 5.02 Å². The van der Waals surface area contributed by atoms with Gasteiger partial charge in [0.25, 0.3) is 0 Å². The van der Waals surface area contributed by atoms with Crippen LogP contribution < -0.4 is 10.1 Å². The largest absolute Gasteiger partial charge is 0.491 e. The first-order valence-electron chi connectivity index (χ1n) is 11.0. The molecular formula is C25H27ClN2O4S. The fraction of sp³-hybridized carbons (Fsp3) is 0.320. The number of hydrogen-bond donors (Lipinski definition) is 1. The summed E-state index contributed by atoms with van der Waals surface area (Å²) in [4.78, 5) is 12.7. The van der Waals surface area contributed by atoms with Crippen LogP contribution in [0.4, 0.5) is 0 Å². The molecule has 3 aromatic carbocycles. The summed E-state index contributed by atoms with van der Waals surface area (Å²) in [5.74, 6) is 0.142. The van der Waals surface area contributed by atoms with Crippen molar-refractivity contribution in [1.82, 2.24) is 9.62 Å². The van der Waals surface area contributed by atoms with E-state index in [1.54, 1.807) is 24.3 Å². The zero-order valence-electron chi connectivity index (χ0n) is 18.2. The highest BCUT2D eigenvalue weighted by Crippen LogP contribution is 2.25. The lowest BCUT2D eigenvalue weighted by atomic mass is 9.99. The molecule has 6 nitrogen and oxygen atoms in total. The van der Waals surface area contributed by atoms with Gasteiger partial charge in [-0.15, -0.1) is 0 Å². The van der Waals surface area contributed by atoms with Gasteiger partial charge >= 0.3 is 0 Å². The van der Waals surface area contributed by atoms with Crippen LogP contribution in [0.1, 0.15) is 18.4 Å². The van der Waals surface area contributed by atoms with Crippen molar-refractivity contribution >= 4 is 38.3 Å². The van der Waals surface area contributed by atoms with Crippen LogP contribution in [0.5, 0.6) is 5.75 Å². The Morgan fingerprint density at radius 3 is 2.73 bits per heavy atom. The van der Waals surface area contributed by atoms with E-state index in [0.29, 0.717) is 43.1 Å². The van der Waals surface area contributed by atoms with E-state index in [1.165, 1.54) is 4.31 Å². The first-order valence-corrected chi connectivity index (χ1v) is 13.0. The van der Waals surface area contributed by atoms with E-state index in [4.69, 9.17) is 16.3 Å². The molecule has 8 heteroatoms. The summed E-state index contributed by atoms with van der Waals surface area (Å²) in [6, 6.07) is 20.7. The van der Waals surface area contributed by atoms with E-state index in [0.717, 1.165) is 16.5 Å². The molecular weight excluding hydrogens is 460 g/mol. The number of sulfonamides is 1. The average molecular weight is 487 g/mol. The number of halogens is 1. The molecule has 0 bridgehead atoms. The van der Waals surface area contributed by atoms with Crippen molar-refractivity contribution in [2.75, 3.05) is 26.2 Å². The van der Waals surface area contributed by atoms with E-state index in [2.05, 4.69) is 5.32 Å². The lowest BCUT2D eigenvalue weighted by Gasteiger charge is -2.31. The van der Waals surface area contributed by atoms with Crippen LogP contribution in [-0.2, 0) is 20.6 Å². The van der Waals surface area contributed by atoms with Crippen LogP contribution in [0.25, 0.3) is 10.8 Å². The summed E-state index contributed by atoms with van der Waals surface area (Å²) in [6.45, 7) is 1.31. The Balaban J connectivity index is 1.28. The summed E-state index contributed by atoms with van der Waals surface area (Å²) < 4.78 is 33.1. The van der Waals surface area contributed by atoms with E-state index in [9.17, 15) is 13.2 Å². The predicted molar refractivity (Wildman–Crippen MR) is 131 cm³/mol. The van der Waals surface area contributed by atoms with Gasteiger partial charge in [0, 0.05) is 23.5 Å². The highest BCUT2D eigenvalue weighted by Gasteiger charge is 2.32.